The van der Waals surface area contributed by atoms with Crippen LogP contribution in [-0.2, 0) is 9.53 Å². The van der Waals surface area contributed by atoms with Gasteiger partial charge in [0.2, 0.25) is 0 Å². The lowest BCUT2D eigenvalue weighted by atomic mass is 10.7. The number of carbonyl (C=O) groups is 1. The average molecular weight is 183 g/mol. The molecular formula is C4H7BrO3. The van der Waals surface area contributed by atoms with Crippen LogP contribution in [0.5, 0.6) is 0 Å². The zero-order chi connectivity index (χ0) is 6.41. The second-order valence-corrected chi connectivity index (χ2v) is 1.64. The molecule has 0 spiro atoms. The number of hydrogen-bond donors (Lipinski definition) is 1. The van der Waals surface area contributed by atoms with Crippen molar-refractivity contribution in [3.05, 3.63) is 0 Å². The van der Waals surface area contributed by atoms with Gasteiger partial charge in [-0.1, -0.05) is 15.9 Å². The molecule has 4 heteroatoms. The molecule has 0 aliphatic heterocycles. The maximum atomic E-state index is 10.2. The Morgan fingerprint density at radius 3 is 2.75 bits per heavy atom. The van der Waals surface area contributed by atoms with Crippen LogP contribution in [0.3, 0.4) is 0 Å². The largest absolute Gasteiger partial charge is 0.463 e. The Morgan fingerprint density at radius 1 is 1.75 bits per heavy atom. The Bertz CT molecular complexity index is 73.7. The predicted octanol–water partition coefficient (Wildman–Crippen LogP) is -0.0832. The molecule has 48 valence electrons. The zero-order valence-corrected chi connectivity index (χ0v) is 5.85. The number of hydrogen-bond acceptors (Lipinski definition) is 3. The summed E-state index contributed by atoms with van der Waals surface area (Å²) in [6.45, 7) is -0.0246. The number of carbonyl (C=O) groups excluding carboxylic acids is 1. The van der Waals surface area contributed by atoms with E-state index in [-0.39, 0.29) is 24.5 Å². The Kier molecular flexibility index (Phi) is 5.00. The van der Waals surface area contributed by atoms with E-state index in [1.807, 2.05) is 0 Å². The number of esters is 1. The van der Waals surface area contributed by atoms with Crippen LogP contribution >= 0.6 is 15.9 Å². The molecule has 3 nitrogen and oxygen atoms in total. The van der Waals surface area contributed by atoms with Crippen LogP contribution < -0.4 is 0 Å². The highest BCUT2D eigenvalue weighted by Gasteiger charge is 1.95. The molecule has 0 aromatic rings. The molecule has 0 amide bonds. The Morgan fingerprint density at radius 2 is 2.38 bits per heavy atom. The van der Waals surface area contributed by atoms with Crippen molar-refractivity contribution < 1.29 is 14.6 Å². The van der Waals surface area contributed by atoms with Gasteiger partial charge in [-0.25, -0.2) is 0 Å². The SMILES string of the molecule is O=C(CBr)OCCO. The van der Waals surface area contributed by atoms with Crippen molar-refractivity contribution in [2.75, 3.05) is 18.5 Å². The third kappa shape index (κ3) is 4.08. The van der Waals surface area contributed by atoms with E-state index in [9.17, 15) is 4.79 Å². The van der Waals surface area contributed by atoms with Crippen LogP contribution in [0.1, 0.15) is 0 Å². The van der Waals surface area contributed by atoms with Crippen LogP contribution in [0, 0.1) is 0 Å². The van der Waals surface area contributed by atoms with Crippen molar-refractivity contribution in [2.45, 2.75) is 0 Å². The van der Waals surface area contributed by atoms with Gasteiger partial charge in [0.1, 0.15) is 11.9 Å². The standard InChI is InChI=1S/C4H7BrO3/c5-3-4(7)8-2-1-6/h6H,1-3H2. The first-order chi connectivity index (χ1) is 3.81. The van der Waals surface area contributed by atoms with Crippen LogP contribution in [0.15, 0.2) is 0 Å². The maximum absolute atomic E-state index is 10.2. The highest BCUT2D eigenvalue weighted by atomic mass is 79.9. The first-order valence-electron chi connectivity index (χ1n) is 2.13. The number of rotatable bonds is 3. The third-order valence-electron chi connectivity index (χ3n) is 0.463. The summed E-state index contributed by atoms with van der Waals surface area (Å²) in [5.74, 6) is -0.348. The van der Waals surface area contributed by atoms with Gasteiger partial charge < -0.3 is 9.84 Å². The number of halogens is 1. The minimum absolute atomic E-state index is 0.0877. The summed E-state index contributed by atoms with van der Waals surface area (Å²) in [6.07, 6.45) is 0. The summed E-state index contributed by atoms with van der Waals surface area (Å²) >= 11 is 2.89. The number of aliphatic hydroxyl groups excluding tert-OH is 1. The second-order valence-electron chi connectivity index (χ2n) is 1.08. The van der Waals surface area contributed by atoms with Gasteiger partial charge in [0, 0.05) is 0 Å². The highest BCUT2D eigenvalue weighted by molar-refractivity contribution is 9.09. The van der Waals surface area contributed by atoms with E-state index in [0.29, 0.717) is 0 Å². The maximum Gasteiger partial charge on any atom is 0.316 e. The molecule has 0 fully saturated rings. The molecule has 0 atom stereocenters. The van der Waals surface area contributed by atoms with Crippen molar-refractivity contribution >= 4 is 21.9 Å². The fourth-order valence-electron chi connectivity index (χ4n) is 0.198. The lowest BCUT2D eigenvalue weighted by molar-refractivity contribution is -0.141. The normalized spacial score (nSPS) is 8.75. The molecule has 0 rings (SSSR count). The van der Waals surface area contributed by atoms with Gasteiger partial charge in [-0.3, -0.25) is 4.79 Å². The predicted molar refractivity (Wildman–Crippen MR) is 31.8 cm³/mol. The van der Waals surface area contributed by atoms with Crippen molar-refractivity contribution in [1.82, 2.24) is 0 Å². The van der Waals surface area contributed by atoms with Gasteiger partial charge in [-0.2, -0.15) is 0 Å². The van der Waals surface area contributed by atoms with Crippen LogP contribution in [0.2, 0.25) is 0 Å². The lowest BCUT2D eigenvalue weighted by Crippen LogP contribution is -2.08. The summed E-state index contributed by atoms with van der Waals surface area (Å²) in [7, 11) is 0. The topological polar surface area (TPSA) is 46.5 Å². The van der Waals surface area contributed by atoms with E-state index >= 15 is 0 Å². The summed E-state index contributed by atoms with van der Waals surface area (Å²) < 4.78 is 4.40. The Balaban J connectivity index is 2.99. The van der Waals surface area contributed by atoms with Crippen LogP contribution in [-0.4, -0.2) is 29.6 Å². The molecule has 0 saturated carbocycles. The minimum Gasteiger partial charge on any atom is -0.463 e. The molecule has 0 aromatic carbocycles. The third-order valence-corrected chi connectivity index (χ3v) is 0.921. The molecule has 0 aromatic heterocycles. The molecule has 0 radical (unpaired) electrons. The lowest BCUT2D eigenvalue weighted by Gasteiger charge is -1.96. The average Bonchev–Trinajstić information content (AvgIpc) is 1.83. The van der Waals surface area contributed by atoms with Crippen molar-refractivity contribution in [2.24, 2.45) is 0 Å². The minimum atomic E-state index is -0.348. The van der Waals surface area contributed by atoms with E-state index in [1.54, 1.807) is 0 Å². The fourth-order valence-corrected chi connectivity index (χ4v) is 0.360. The van der Waals surface area contributed by atoms with Gasteiger partial charge in [-0.15, -0.1) is 0 Å². The molecular weight excluding hydrogens is 176 g/mol. The molecule has 0 saturated heterocycles. The molecule has 0 aliphatic rings. The van der Waals surface area contributed by atoms with E-state index in [4.69, 9.17) is 5.11 Å². The van der Waals surface area contributed by atoms with Crippen molar-refractivity contribution in [3.63, 3.8) is 0 Å². The van der Waals surface area contributed by atoms with Gasteiger partial charge in [-0.05, 0) is 0 Å². The first kappa shape index (κ1) is 7.91. The fraction of sp³-hybridized carbons (Fsp3) is 0.750. The Labute approximate surface area is 55.8 Å². The molecule has 0 aliphatic carbocycles. The molecule has 1 N–H and O–H groups in total. The summed E-state index contributed by atoms with van der Waals surface area (Å²) in [6, 6.07) is 0. The van der Waals surface area contributed by atoms with Crippen molar-refractivity contribution in [1.29, 1.82) is 0 Å². The monoisotopic (exact) mass is 182 g/mol. The Hall–Kier alpha value is -0.0900. The van der Waals surface area contributed by atoms with Gasteiger partial charge in [0.05, 0.1) is 6.61 Å². The zero-order valence-electron chi connectivity index (χ0n) is 4.26. The van der Waals surface area contributed by atoms with E-state index in [1.165, 1.54) is 0 Å². The number of ether oxygens (including phenoxy) is 1. The second kappa shape index (κ2) is 5.05. The highest BCUT2D eigenvalue weighted by Crippen LogP contribution is 1.83. The number of alkyl halides is 1. The summed E-state index contributed by atoms with van der Waals surface area (Å²) in [5.41, 5.74) is 0. The number of aliphatic hydroxyl groups is 1. The van der Waals surface area contributed by atoms with Crippen LogP contribution in [0.4, 0.5) is 0 Å². The molecule has 0 heterocycles. The van der Waals surface area contributed by atoms with E-state index in [0.717, 1.165) is 0 Å². The van der Waals surface area contributed by atoms with Gasteiger partial charge in [0.15, 0.2) is 0 Å². The first-order valence-corrected chi connectivity index (χ1v) is 3.26. The van der Waals surface area contributed by atoms with Crippen LogP contribution in [0.25, 0.3) is 0 Å². The summed E-state index contributed by atoms with van der Waals surface area (Å²) in [5, 5.41) is 8.31. The van der Waals surface area contributed by atoms with E-state index < -0.39 is 0 Å². The molecule has 0 unspecified atom stereocenters. The molecule has 0 bridgehead atoms. The van der Waals surface area contributed by atoms with Gasteiger partial charge >= 0.3 is 5.97 Å². The van der Waals surface area contributed by atoms with E-state index in [2.05, 4.69) is 20.7 Å². The quantitative estimate of drug-likeness (QED) is 0.491. The van der Waals surface area contributed by atoms with Crippen molar-refractivity contribution in [3.8, 4) is 0 Å². The smallest absolute Gasteiger partial charge is 0.316 e. The van der Waals surface area contributed by atoms with Gasteiger partial charge in [0.25, 0.3) is 0 Å². The molecule has 8 heavy (non-hydrogen) atoms. The summed E-state index contributed by atoms with van der Waals surface area (Å²) in [4.78, 5) is 10.2.